The van der Waals surface area contributed by atoms with Crippen LogP contribution in [0.1, 0.15) is 42.8 Å². The smallest absolute Gasteiger partial charge is 0.235 e. The summed E-state index contributed by atoms with van der Waals surface area (Å²) < 4.78 is 0. The lowest BCUT2D eigenvalue weighted by atomic mass is 10.0. The molecule has 0 aliphatic carbocycles. The summed E-state index contributed by atoms with van der Waals surface area (Å²) in [5.41, 5.74) is 2.47. The van der Waals surface area contributed by atoms with Gasteiger partial charge in [-0.05, 0) is 44.9 Å². The fourth-order valence-corrected chi connectivity index (χ4v) is 4.49. The molecule has 2 unspecified atom stereocenters. The van der Waals surface area contributed by atoms with E-state index in [-0.39, 0.29) is 17.2 Å². The zero-order chi connectivity index (χ0) is 17.1. The number of rotatable bonds is 4. The number of carbonyl (C=O) groups is 1. The quantitative estimate of drug-likeness (QED) is 0.775. The van der Waals surface area contributed by atoms with Crippen LogP contribution in [-0.2, 0) is 4.79 Å². The predicted octanol–water partition coefficient (Wildman–Crippen LogP) is 4.92. The van der Waals surface area contributed by atoms with Crippen molar-refractivity contribution in [1.82, 2.24) is 9.88 Å². The van der Waals surface area contributed by atoms with E-state index in [0.29, 0.717) is 0 Å². The van der Waals surface area contributed by atoms with Crippen molar-refractivity contribution in [2.24, 2.45) is 0 Å². The molecular formula is C19H24N2OS2. The Hall–Kier alpha value is -1.33. The number of likely N-dealkylation sites (tertiary alicyclic amines) is 1. The highest BCUT2D eigenvalue weighted by atomic mass is 32.2. The van der Waals surface area contributed by atoms with Crippen molar-refractivity contribution in [1.29, 1.82) is 0 Å². The SMILES string of the molecule is CSC(C)C(=O)N1CCCCC1c1ncc(-c2ccc(C)cc2)s1. The maximum atomic E-state index is 12.7. The molecule has 1 aliphatic rings. The summed E-state index contributed by atoms with van der Waals surface area (Å²) in [6.07, 6.45) is 7.25. The minimum absolute atomic E-state index is 0.0159. The lowest BCUT2D eigenvalue weighted by Crippen LogP contribution is -2.42. The first-order valence-corrected chi connectivity index (χ1v) is 10.6. The summed E-state index contributed by atoms with van der Waals surface area (Å²) in [5, 5.41) is 1.09. The fourth-order valence-electron chi connectivity index (χ4n) is 3.08. The van der Waals surface area contributed by atoms with Crippen LogP contribution in [0.2, 0.25) is 0 Å². The van der Waals surface area contributed by atoms with Gasteiger partial charge in [-0.25, -0.2) is 4.98 Å². The highest BCUT2D eigenvalue weighted by molar-refractivity contribution is 7.99. The van der Waals surface area contributed by atoms with E-state index in [9.17, 15) is 4.79 Å². The van der Waals surface area contributed by atoms with Crippen LogP contribution in [0.4, 0.5) is 0 Å². The molecule has 0 N–H and O–H groups in total. The number of carbonyl (C=O) groups excluding carboxylic acids is 1. The summed E-state index contributed by atoms with van der Waals surface area (Å²) in [7, 11) is 0. The molecule has 1 fully saturated rings. The average Bonchev–Trinajstić information content (AvgIpc) is 3.11. The predicted molar refractivity (Wildman–Crippen MR) is 104 cm³/mol. The molecule has 0 radical (unpaired) electrons. The Kier molecular flexibility index (Phi) is 5.61. The number of nitrogens with zero attached hydrogens (tertiary/aromatic N) is 2. The van der Waals surface area contributed by atoms with Crippen molar-refractivity contribution in [2.75, 3.05) is 12.8 Å². The van der Waals surface area contributed by atoms with E-state index in [0.717, 1.165) is 24.4 Å². The number of hydrogen-bond donors (Lipinski definition) is 0. The van der Waals surface area contributed by atoms with Crippen LogP contribution in [-0.4, -0.2) is 33.8 Å². The Bertz CT molecular complexity index is 696. The van der Waals surface area contributed by atoms with E-state index in [2.05, 4.69) is 41.1 Å². The lowest BCUT2D eigenvalue weighted by molar-refractivity contribution is -0.134. The zero-order valence-corrected chi connectivity index (χ0v) is 16.1. The second kappa shape index (κ2) is 7.70. The summed E-state index contributed by atoms with van der Waals surface area (Å²) in [6.45, 7) is 4.95. The molecule has 1 amide bonds. The second-order valence-corrected chi connectivity index (χ2v) is 8.59. The Balaban J connectivity index is 1.84. The number of thioether (sulfide) groups is 1. The van der Waals surface area contributed by atoms with Crippen LogP contribution < -0.4 is 0 Å². The lowest BCUT2D eigenvalue weighted by Gasteiger charge is -2.36. The fraction of sp³-hybridized carbons (Fsp3) is 0.474. The van der Waals surface area contributed by atoms with Crippen LogP contribution in [0, 0.1) is 6.92 Å². The maximum absolute atomic E-state index is 12.7. The van der Waals surface area contributed by atoms with Gasteiger partial charge in [0.2, 0.25) is 5.91 Å². The summed E-state index contributed by atoms with van der Waals surface area (Å²) in [4.78, 5) is 20.6. The number of thiazole rings is 1. The highest BCUT2D eigenvalue weighted by Gasteiger charge is 2.32. The van der Waals surface area contributed by atoms with Gasteiger partial charge in [0.15, 0.2) is 0 Å². The standard InChI is InChI=1S/C19H24N2OS2/c1-13-7-9-15(10-8-13)17-12-20-18(24-17)16-6-4-5-11-21(16)19(22)14(2)23-3/h7-10,12,14,16H,4-6,11H2,1-3H3. The van der Waals surface area contributed by atoms with Gasteiger partial charge in [0, 0.05) is 12.7 Å². The van der Waals surface area contributed by atoms with Gasteiger partial charge >= 0.3 is 0 Å². The number of amides is 1. The van der Waals surface area contributed by atoms with Crippen molar-refractivity contribution in [3.05, 3.63) is 41.0 Å². The van der Waals surface area contributed by atoms with E-state index in [1.54, 1.807) is 23.1 Å². The van der Waals surface area contributed by atoms with Gasteiger partial charge in [0.05, 0.1) is 16.2 Å². The topological polar surface area (TPSA) is 33.2 Å². The molecule has 2 heterocycles. The zero-order valence-electron chi connectivity index (χ0n) is 14.5. The molecule has 1 aliphatic heterocycles. The number of aryl methyl sites for hydroxylation is 1. The van der Waals surface area contributed by atoms with Crippen molar-refractivity contribution in [3.63, 3.8) is 0 Å². The molecule has 1 aromatic heterocycles. The van der Waals surface area contributed by atoms with Gasteiger partial charge in [-0.2, -0.15) is 11.8 Å². The van der Waals surface area contributed by atoms with Gasteiger partial charge in [-0.15, -0.1) is 11.3 Å². The van der Waals surface area contributed by atoms with E-state index in [1.807, 2.05) is 19.4 Å². The first-order valence-electron chi connectivity index (χ1n) is 8.46. The molecule has 128 valence electrons. The maximum Gasteiger partial charge on any atom is 0.235 e. The second-order valence-electron chi connectivity index (χ2n) is 6.35. The van der Waals surface area contributed by atoms with Crippen LogP contribution in [0.25, 0.3) is 10.4 Å². The first kappa shape index (κ1) is 17.5. The number of hydrogen-bond acceptors (Lipinski definition) is 4. The molecule has 0 saturated carbocycles. The van der Waals surface area contributed by atoms with Crippen molar-refractivity contribution in [2.45, 2.75) is 44.4 Å². The van der Waals surface area contributed by atoms with Gasteiger partial charge in [-0.1, -0.05) is 29.8 Å². The van der Waals surface area contributed by atoms with Crippen LogP contribution >= 0.6 is 23.1 Å². The molecule has 1 saturated heterocycles. The molecule has 24 heavy (non-hydrogen) atoms. The summed E-state index contributed by atoms with van der Waals surface area (Å²) >= 11 is 3.35. The number of aromatic nitrogens is 1. The monoisotopic (exact) mass is 360 g/mol. The third kappa shape index (κ3) is 3.67. The van der Waals surface area contributed by atoms with Crippen LogP contribution in [0.5, 0.6) is 0 Å². The molecule has 1 aromatic carbocycles. The third-order valence-corrected chi connectivity index (χ3v) is 6.69. The number of benzene rings is 1. The van der Waals surface area contributed by atoms with Crippen LogP contribution in [0.15, 0.2) is 30.5 Å². The summed E-state index contributed by atoms with van der Waals surface area (Å²) in [5.74, 6) is 0.249. The first-order chi connectivity index (χ1) is 11.6. The molecule has 2 atom stereocenters. The van der Waals surface area contributed by atoms with Crippen molar-refractivity contribution in [3.8, 4) is 10.4 Å². The van der Waals surface area contributed by atoms with Gasteiger partial charge in [0.1, 0.15) is 5.01 Å². The van der Waals surface area contributed by atoms with E-state index >= 15 is 0 Å². The Morgan fingerprint density at radius 1 is 1.33 bits per heavy atom. The largest absolute Gasteiger partial charge is 0.332 e. The molecule has 0 bridgehead atoms. The average molecular weight is 361 g/mol. The minimum atomic E-state index is 0.0159. The molecule has 5 heteroatoms. The minimum Gasteiger partial charge on any atom is -0.332 e. The normalized spacial score (nSPS) is 19.3. The molecule has 3 rings (SSSR count). The Labute approximate surface area is 152 Å². The molecule has 2 aromatic rings. The van der Waals surface area contributed by atoms with Crippen molar-refractivity contribution >= 4 is 29.0 Å². The molecular weight excluding hydrogens is 336 g/mol. The van der Waals surface area contributed by atoms with Gasteiger partial charge in [-0.3, -0.25) is 4.79 Å². The van der Waals surface area contributed by atoms with Gasteiger partial charge < -0.3 is 4.90 Å². The molecule has 0 spiro atoms. The Morgan fingerprint density at radius 3 is 2.79 bits per heavy atom. The number of piperidine rings is 1. The van der Waals surface area contributed by atoms with Crippen molar-refractivity contribution < 1.29 is 4.79 Å². The third-order valence-electron chi connectivity index (χ3n) is 4.63. The van der Waals surface area contributed by atoms with E-state index in [4.69, 9.17) is 0 Å². The Morgan fingerprint density at radius 2 is 2.08 bits per heavy atom. The van der Waals surface area contributed by atoms with Gasteiger partial charge in [0.25, 0.3) is 0 Å². The van der Waals surface area contributed by atoms with E-state index in [1.165, 1.54) is 22.4 Å². The highest BCUT2D eigenvalue weighted by Crippen LogP contribution is 2.37. The van der Waals surface area contributed by atoms with E-state index < -0.39 is 0 Å². The summed E-state index contributed by atoms with van der Waals surface area (Å²) in [6, 6.07) is 8.69. The van der Waals surface area contributed by atoms with Crippen LogP contribution in [0.3, 0.4) is 0 Å². The molecule has 3 nitrogen and oxygen atoms in total.